The van der Waals surface area contributed by atoms with E-state index in [1.54, 1.807) is 0 Å². The van der Waals surface area contributed by atoms with Gasteiger partial charge in [-0.3, -0.25) is 0 Å². The molecule has 0 saturated heterocycles. The van der Waals surface area contributed by atoms with E-state index in [-0.39, 0.29) is 0 Å². The first-order chi connectivity index (χ1) is 15.4. The maximum atomic E-state index is 2.34. The summed E-state index contributed by atoms with van der Waals surface area (Å²) in [6, 6.07) is 31.8. The molecule has 4 rings (SSSR count). The van der Waals surface area contributed by atoms with Gasteiger partial charge in [-0.1, -0.05) is 97.4 Å². The fourth-order valence-corrected chi connectivity index (χ4v) is 4.38. The second kappa shape index (κ2) is 9.57. The smallest absolute Gasteiger partial charge is 0.00610 e. The molecule has 0 aliphatic heterocycles. The highest BCUT2D eigenvalue weighted by molar-refractivity contribution is 5.66. The summed E-state index contributed by atoms with van der Waals surface area (Å²) in [5, 5.41) is 0. The van der Waals surface area contributed by atoms with Crippen LogP contribution in [-0.2, 0) is 12.8 Å². The molecule has 0 aliphatic rings. The van der Waals surface area contributed by atoms with E-state index in [2.05, 4.69) is 120 Å². The lowest BCUT2D eigenvalue weighted by atomic mass is 9.91. The fraction of sp³-hybridized carbons (Fsp3) is 0.250. The Morgan fingerprint density at radius 1 is 0.531 bits per heavy atom. The molecule has 0 bridgehead atoms. The Balaban J connectivity index is 1.42. The fourth-order valence-electron chi connectivity index (χ4n) is 4.38. The highest BCUT2D eigenvalue weighted by atomic mass is 14.1. The number of hydrogen-bond acceptors (Lipinski definition) is 0. The second-order valence-electron chi connectivity index (χ2n) is 9.31. The maximum absolute atomic E-state index is 2.34. The predicted octanol–water partition coefficient (Wildman–Crippen LogP) is 8.52. The third kappa shape index (κ3) is 5.02. The summed E-state index contributed by atoms with van der Waals surface area (Å²) in [7, 11) is 0. The predicted molar refractivity (Wildman–Crippen MR) is 139 cm³/mol. The van der Waals surface area contributed by atoms with Crippen LogP contribution in [0, 0.1) is 27.7 Å². The lowest BCUT2D eigenvalue weighted by molar-refractivity contribution is 0.910. The number of rotatable bonds is 6. The average molecular weight is 419 g/mol. The van der Waals surface area contributed by atoms with Gasteiger partial charge in [0.1, 0.15) is 0 Å². The molecule has 0 amide bonds. The Hall–Kier alpha value is -3.12. The second-order valence-corrected chi connectivity index (χ2v) is 9.31. The van der Waals surface area contributed by atoms with Crippen LogP contribution in [0.15, 0.2) is 84.9 Å². The third-order valence-electron chi connectivity index (χ3n) is 6.92. The summed E-state index contributed by atoms with van der Waals surface area (Å²) in [6.07, 6.45) is 2.15. The molecular weight excluding hydrogens is 384 g/mol. The van der Waals surface area contributed by atoms with Gasteiger partial charge in [-0.25, -0.2) is 0 Å². The number of hydrogen-bond donors (Lipinski definition) is 0. The molecule has 1 atom stereocenters. The largest absolute Gasteiger partial charge is 0.0590 e. The van der Waals surface area contributed by atoms with Gasteiger partial charge in [0.15, 0.2) is 0 Å². The molecular formula is C32H34. The molecule has 0 fully saturated rings. The third-order valence-corrected chi connectivity index (χ3v) is 6.92. The first kappa shape index (κ1) is 22.1. The van der Waals surface area contributed by atoms with Crippen molar-refractivity contribution < 1.29 is 0 Å². The van der Waals surface area contributed by atoms with Gasteiger partial charge in [0, 0.05) is 5.92 Å². The van der Waals surface area contributed by atoms with Gasteiger partial charge < -0.3 is 0 Å². The molecule has 4 aromatic rings. The summed E-state index contributed by atoms with van der Waals surface area (Å²) < 4.78 is 0. The summed E-state index contributed by atoms with van der Waals surface area (Å²) in [5.41, 5.74) is 13.6. The molecule has 0 nitrogen and oxygen atoms in total. The highest BCUT2D eigenvalue weighted by Gasteiger charge is 2.09. The van der Waals surface area contributed by atoms with Gasteiger partial charge >= 0.3 is 0 Å². The van der Waals surface area contributed by atoms with Crippen molar-refractivity contribution in [2.45, 2.75) is 53.4 Å². The number of aryl methyl sites for hydroxylation is 6. The lowest BCUT2D eigenvalue weighted by Gasteiger charge is -2.14. The first-order valence-electron chi connectivity index (χ1n) is 11.7. The van der Waals surface area contributed by atoms with Crippen LogP contribution in [0.5, 0.6) is 0 Å². The molecule has 0 spiro atoms. The lowest BCUT2D eigenvalue weighted by Crippen LogP contribution is -1.98. The van der Waals surface area contributed by atoms with E-state index in [1.807, 2.05) is 0 Å². The zero-order valence-corrected chi connectivity index (χ0v) is 20.1. The zero-order chi connectivity index (χ0) is 22.7. The summed E-state index contributed by atoms with van der Waals surface area (Å²) in [6.45, 7) is 11.0. The SMILES string of the molecule is Cc1ccc(C(C)c2ccc(CCc3ccc(-c4ccc(C)c(C)c4)cc3C)cc2)cc1. The van der Waals surface area contributed by atoms with Crippen molar-refractivity contribution in [3.63, 3.8) is 0 Å². The van der Waals surface area contributed by atoms with Crippen molar-refractivity contribution in [2.24, 2.45) is 0 Å². The molecule has 4 aromatic carbocycles. The molecule has 0 N–H and O–H groups in total. The van der Waals surface area contributed by atoms with Crippen molar-refractivity contribution in [1.29, 1.82) is 0 Å². The van der Waals surface area contributed by atoms with Crippen molar-refractivity contribution >= 4 is 0 Å². The molecule has 0 radical (unpaired) electrons. The Morgan fingerprint density at radius 3 is 1.69 bits per heavy atom. The van der Waals surface area contributed by atoms with Crippen molar-refractivity contribution in [2.75, 3.05) is 0 Å². The van der Waals surface area contributed by atoms with Crippen molar-refractivity contribution in [3.8, 4) is 11.1 Å². The van der Waals surface area contributed by atoms with Crippen molar-refractivity contribution in [3.05, 3.63) is 129 Å². The van der Waals surface area contributed by atoms with E-state index in [1.165, 1.54) is 55.6 Å². The van der Waals surface area contributed by atoms with E-state index in [0.717, 1.165) is 12.8 Å². The van der Waals surface area contributed by atoms with Crippen LogP contribution < -0.4 is 0 Å². The van der Waals surface area contributed by atoms with E-state index < -0.39 is 0 Å². The van der Waals surface area contributed by atoms with Crippen LogP contribution in [0.3, 0.4) is 0 Å². The standard InChI is InChI=1S/C32H34/c1-22-6-12-29(13-7-22)26(5)30-16-10-27(11-17-30)9-15-28-18-19-32(21-25(28)4)31-14-8-23(2)24(3)20-31/h6-8,10-14,16-21,26H,9,15H2,1-5H3. The van der Waals surface area contributed by atoms with Crippen molar-refractivity contribution in [1.82, 2.24) is 0 Å². The van der Waals surface area contributed by atoms with Gasteiger partial charge in [-0.2, -0.15) is 0 Å². The minimum atomic E-state index is 0.421. The topological polar surface area (TPSA) is 0 Å². The molecule has 32 heavy (non-hydrogen) atoms. The van der Waals surface area contributed by atoms with Crippen LogP contribution in [0.1, 0.15) is 57.3 Å². The molecule has 0 aliphatic carbocycles. The van der Waals surface area contributed by atoms with Gasteiger partial charge in [0.05, 0.1) is 0 Å². The van der Waals surface area contributed by atoms with Crippen LogP contribution in [0.25, 0.3) is 11.1 Å². The maximum Gasteiger partial charge on any atom is 0.00610 e. The Morgan fingerprint density at radius 2 is 1.09 bits per heavy atom. The highest BCUT2D eigenvalue weighted by Crippen LogP contribution is 2.27. The average Bonchev–Trinajstić information content (AvgIpc) is 2.80. The Labute approximate surface area is 194 Å². The minimum absolute atomic E-state index is 0.421. The first-order valence-corrected chi connectivity index (χ1v) is 11.7. The van der Waals surface area contributed by atoms with Gasteiger partial charge in [-0.15, -0.1) is 0 Å². The normalized spacial score (nSPS) is 12.0. The van der Waals surface area contributed by atoms with Gasteiger partial charge in [0.2, 0.25) is 0 Å². The summed E-state index contributed by atoms with van der Waals surface area (Å²) >= 11 is 0. The van der Waals surface area contributed by atoms with Gasteiger partial charge in [-0.05, 0) is 90.6 Å². The Kier molecular flexibility index (Phi) is 6.61. The van der Waals surface area contributed by atoms with Crippen LogP contribution in [0.4, 0.5) is 0 Å². The van der Waals surface area contributed by atoms with E-state index in [0.29, 0.717) is 5.92 Å². The van der Waals surface area contributed by atoms with E-state index >= 15 is 0 Å². The van der Waals surface area contributed by atoms with Crippen LogP contribution >= 0.6 is 0 Å². The molecule has 162 valence electrons. The van der Waals surface area contributed by atoms with Crippen LogP contribution in [-0.4, -0.2) is 0 Å². The molecule has 0 heteroatoms. The molecule has 0 saturated carbocycles. The summed E-state index contributed by atoms with van der Waals surface area (Å²) in [5.74, 6) is 0.421. The van der Waals surface area contributed by atoms with Gasteiger partial charge in [0.25, 0.3) is 0 Å². The quantitative estimate of drug-likeness (QED) is 0.294. The van der Waals surface area contributed by atoms with E-state index in [4.69, 9.17) is 0 Å². The Bertz CT molecular complexity index is 1190. The molecule has 1 unspecified atom stereocenters. The zero-order valence-electron chi connectivity index (χ0n) is 20.1. The van der Waals surface area contributed by atoms with E-state index in [9.17, 15) is 0 Å². The minimum Gasteiger partial charge on any atom is -0.0590 e. The summed E-state index contributed by atoms with van der Waals surface area (Å²) in [4.78, 5) is 0. The number of benzene rings is 4. The molecule has 0 heterocycles. The van der Waals surface area contributed by atoms with Crippen LogP contribution in [0.2, 0.25) is 0 Å². The monoisotopic (exact) mass is 418 g/mol. The molecule has 0 aromatic heterocycles.